The maximum absolute atomic E-state index is 15.2. The zero-order valence-corrected chi connectivity index (χ0v) is 22.5. The van der Waals surface area contributed by atoms with Crippen molar-refractivity contribution in [2.24, 2.45) is 11.8 Å². The van der Waals surface area contributed by atoms with E-state index in [1.165, 1.54) is 6.92 Å². The predicted molar refractivity (Wildman–Crippen MR) is 133 cm³/mol. The van der Waals surface area contributed by atoms with Gasteiger partial charge in [0.05, 0.1) is 22.7 Å². The van der Waals surface area contributed by atoms with E-state index in [0.29, 0.717) is 6.42 Å². The van der Waals surface area contributed by atoms with E-state index in [4.69, 9.17) is 9.26 Å². The number of halogens is 2. The summed E-state index contributed by atoms with van der Waals surface area (Å²) in [5.41, 5.74) is -2.78. The Bertz CT molecular complexity index is 1370. The Kier molecular flexibility index (Phi) is 6.24. The van der Waals surface area contributed by atoms with Crippen molar-refractivity contribution >= 4 is 33.3 Å². The van der Waals surface area contributed by atoms with Gasteiger partial charge in [-0.1, -0.05) is 13.3 Å². The van der Waals surface area contributed by atoms with Gasteiger partial charge < -0.3 is 24.6 Å². The Morgan fingerprint density at radius 1 is 1.24 bits per heavy atom. The Hall–Kier alpha value is -2.76. The summed E-state index contributed by atoms with van der Waals surface area (Å²) in [5.74, 6) is -5.08. The maximum Gasteiger partial charge on any atom is 0.265 e. The van der Waals surface area contributed by atoms with E-state index < -0.39 is 52.4 Å². The molecule has 0 saturated heterocycles. The smallest absolute Gasteiger partial charge is 0.265 e. The zero-order valence-electron chi connectivity index (χ0n) is 20.9. The molecule has 3 N–H and O–H groups in total. The van der Waals surface area contributed by atoms with Crippen LogP contribution in [-0.2, 0) is 11.2 Å². The highest BCUT2D eigenvalue weighted by Gasteiger charge is 2.65. The maximum atomic E-state index is 15.2. The molecule has 0 amide bonds. The van der Waals surface area contributed by atoms with Crippen molar-refractivity contribution in [1.29, 1.82) is 0 Å². The Labute approximate surface area is 221 Å². The summed E-state index contributed by atoms with van der Waals surface area (Å²) >= 11 is 3.14. The van der Waals surface area contributed by atoms with Crippen molar-refractivity contribution in [3.63, 3.8) is 0 Å². The molecule has 3 aliphatic carbocycles. The molecule has 0 radical (unpaired) electrons. The van der Waals surface area contributed by atoms with Crippen LogP contribution in [0.2, 0.25) is 0 Å². The molecular formula is C26H28BrFN2O7. The third kappa shape index (κ3) is 3.43. The lowest BCUT2D eigenvalue weighted by atomic mass is 9.57. The highest BCUT2D eigenvalue weighted by molar-refractivity contribution is 9.10. The fourth-order valence-corrected chi connectivity index (χ4v) is 6.41. The number of rotatable bonds is 5. The molecule has 198 valence electrons. The van der Waals surface area contributed by atoms with E-state index in [9.17, 15) is 24.9 Å². The first-order valence-electron chi connectivity index (χ1n) is 12.2. The Balaban J connectivity index is 1.69. The molecule has 3 aliphatic rings. The van der Waals surface area contributed by atoms with Crippen LogP contribution in [0.4, 0.5) is 4.39 Å². The normalized spacial score (nSPS) is 26.6. The van der Waals surface area contributed by atoms with Crippen LogP contribution in [0.1, 0.15) is 65.0 Å². The predicted octanol–water partition coefficient (Wildman–Crippen LogP) is 4.03. The molecular weight excluding hydrogens is 551 g/mol. The molecule has 4 atom stereocenters. The lowest BCUT2D eigenvalue weighted by molar-refractivity contribution is -0.142. The van der Waals surface area contributed by atoms with E-state index in [1.807, 2.05) is 6.92 Å². The van der Waals surface area contributed by atoms with Crippen LogP contribution in [0.15, 0.2) is 14.6 Å². The minimum atomic E-state index is -2.54. The number of benzene rings is 1. The molecule has 2 aromatic rings. The molecule has 0 aliphatic heterocycles. The van der Waals surface area contributed by atoms with Gasteiger partial charge >= 0.3 is 0 Å². The number of phenols is 1. The van der Waals surface area contributed by atoms with Crippen LogP contribution in [0, 0.1) is 24.6 Å². The summed E-state index contributed by atoms with van der Waals surface area (Å²) in [5, 5.41) is 37.7. The Morgan fingerprint density at radius 2 is 1.95 bits per heavy atom. The van der Waals surface area contributed by atoms with Crippen LogP contribution in [0.5, 0.6) is 11.6 Å². The zero-order chi connectivity index (χ0) is 27.0. The fourth-order valence-electron chi connectivity index (χ4n) is 6.04. The van der Waals surface area contributed by atoms with Crippen LogP contribution >= 0.6 is 15.9 Å². The first-order chi connectivity index (χ1) is 17.5. The van der Waals surface area contributed by atoms with Gasteiger partial charge in [-0.15, -0.1) is 0 Å². The third-order valence-electron chi connectivity index (χ3n) is 7.89. The standard InChI is InChI=1S/C26H28BrFN2O7/c1-5-6-7-36-25-16-22(37-29-25)19(30(3)4)13-9-11-8-12-15(21(32)17(27)10(2)18(12)28)20(31)14(11)23(33)26(13,35)24(16)34/h11,13,19,31-32,35H,5-9H2,1-4H3/t11-,13-,19-,26-/m0/s1. The van der Waals surface area contributed by atoms with Gasteiger partial charge in [0.25, 0.3) is 5.88 Å². The largest absolute Gasteiger partial charge is 0.507 e. The van der Waals surface area contributed by atoms with Gasteiger partial charge in [0.2, 0.25) is 11.6 Å². The van der Waals surface area contributed by atoms with Crippen LogP contribution in [0.3, 0.4) is 0 Å². The summed E-state index contributed by atoms with van der Waals surface area (Å²) in [6.07, 6.45) is 1.63. The van der Waals surface area contributed by atoms with Gasteiger partial charge in [-0.25, -0.2) is 4.39 Å². The number of phenolic OH excluding ortho intramolecular Hbond substituents is 1. The number of aliphatic hydroxyl groups excluding tert-OH is 1. The molecule has 1 saturated carbocycles. The number of ketones is 2. The second-order valence-electron chi connectivity index (χ2n) is 10.2. The molecule has 1 heterocycles. The number of hydrogen-bond donors (Lipinski definition) is 3. The average molecular weight is 579 g/mol. The summed E-state index contributed by atoms with van der Waals surface area (Å²) in [6, 6.07) is -0.715. The van der Waals surface area contributed by atoms with Crippen molar-refractivity contribution in [2.45, 2.75) is 51.2 Å². The minimum Gasteiger partial charge on any atom is -0.507 e. The minimum absolute atomic E-state index is 0.00351. The SMILES string of the molecule is CCCCOc1noc2c1C(=O)[C@@]1(O)C(=O)C3=C(O)c4c(O)c(Br)c(C)c(F)c4C[C@H]3C[C@H]1[C@@H]2N(C)C. The lowest BCUT2D eigenvalue weighted by Crippen LogP contribution is -2.63. The van der Waals surface area contributed by atoms with Crippen molar-refractivity contribution in [2.75, 3.05) is 20.7 Å². The number of carbonyl (C=O) groups excluding carboxylic acids is 2. The number of aromatic hydroxyl groups is 1. The van der Waals surface area contributed by atoms with Gasteiger partial charge in [0.1, 0.15) is 22.9 Å². The quantitative estimate of drug-likeness (QED) is 0.355. The van der Waals surface area contributed by atoms with Gasteiger partial charge in [-0.05, 0) is 67.3 Å². The van der Waals surface area contributed by atoms with Gasteiger partial charge in [-0.2, -0.15) is 0 Å². The molecule has 11 heteroatoms. The highest BCUT2D eigenvalue weighted by atomic mass is 79.9. The summed E-state index contributed by atoms with van der Waals surface area (Å²) in [6.45, 7) is 3.74. The lowest BCUT2D eigenvalue weighted by Gasteiger charge is -2.49. The molecule has 0 bridgehead atoms. The summed E-state index contributed by atoms with van der Waals surface area (Å²) < 4.78 is 26.5. The van der Waals surface area contributed by atoms with Crippen LogP contribution in [-0.4, -0.2) is 63.2 Å². The van der Waals surface area contributed by atoms with Gasteiger partial charge in [0, 0.05) is 22.6 Å². The summed E-state index contributed by atoms with van der Waals surface area (Å²) in [4.78, 5) is 29.5. The number of ether oxygens (including phenoxy) is 1. The van der Waals surface area contributed by atoms with Crippen molar-refractivity contribution in [3.8, 4) is 11.6 Å². The topological polar surface area (TPSA) is 133 Å². The fraction of sp³-hybridized carbons (Fsp3) is 0.500. The van der Waals surface area contributed by atoms with E-state index in [-0.39, 0.29) is 63.4 Å². The van der Waals surface area contributed by atoms with Crippen molar-refractivity contribution in [1.82, 2.24) is 10.1 Å². The van der Waals surface area contributed by atoms with E-state index >= 15 is 4.39 Å². The summed E-state index contributed by atoms with van der Waals surface area (Å²) in [7, 11) is 3.46. The van der Waals surface area contributed by atoms with E-state index in [0.717, 1.165) is 6.42 Å². The number of carbonyl (C=O) groups is 2. The van der Waals surface area contributed by atoms with E-state index in [2.05, 4.69) is 21.1 Å². The van der Waals surface area contributed by atoms with E-state index in [1.54, 1.807) is 19.0 Å². The number of nitrogens with zero attached hydrogens (tertiary/aromatic N) is 2. The number of Topliss-reactive ketones (excluding diaryl/α,β-unsaturated/α-hetero) is 2. The van der Waals surface area contributed by atoms with Gasteiger partial charge in [-0.3, -0.25) is 14.5 Å². The highest BCUT2D eigenvalue weighted by Crippen LogP contribution is 2.56. The first-order valence-corrected chi connectivity index (χ1v) is 13.0. The third-order valence-corrected chi connectivity index (χ3v) is 8.86. The van der Waals surface area contributed by atoms with Crippen LogP contribution in [0.25, 0.3) is 5.76 Å². The van der Waals surface area contributed by atoms with Crippen molar-refractivity contribution < 1.29 is 38.6 Å². The van der Waals surface area contributed by atoms with Gasteiger partial charge in [0.15, 0.2) is 11.4 Å². The molecule has 1 aromatic carbocycles. The van der Waals surface area contributed by atoms with Crippen LogP contribution < -0.4 is 4.74 Å². The monoisotopic (exact) mass is 578 g/mol. The molecule has 1 fully saturated rings. The second kappa shape index (κ2) is 8.92. The number of unbranched alkanes of at least 4 members (excludes halogenated alkanes) is 1. The number of hydrogen-bond acceptors (Lipinski definition) is 9. The molecule has 0 unspecified atom stereocenters. The number of aliphatic hydroxyl groups is 2. The number of fused-ring (bicyclic) bond motifs is 4. The Morgan fingerprint density at radius 3 is 2.59 bits per heavy atom. The first kappa shape index (κ1) is 25.9. The average Bonchev–Trinajstić information content (AvgIpc) is 3.26. The molecule has 37 heavy (non-hydrogen) atoms. The molecule has 5 rings (SSSR count). The van der Waals surface area contributed by atoms with Crippen molar-refractivity contribution in [3.05, 3.63) is 43.9 Å². The molecule has 0 spiro atoms. The molecule has 1 aromatic heterocycles. The molecule has 9 nitrogen and oxygen atoms in total. The second-order valence-corrected chi connectivity index (χ2v) is 11.0. The number of aromatic nitrogens is 1.